The van der Waals surface area contributed by atoms with Crippen molar-refractivity contribution in [2.45, 2.75) is 103 Å². The summed E-state index contributed by atoms with van der Waals surface area (Å²) < 4.78 is 2.96. The number of allylic oxidation sites excluding steroid dienone is 4. The number of benzene rings is 4. The molecular weight excluding hydrogens is 571 g/mol. The third-order valence-corrected chi connectivity index (χ3v) is 16.6. The lowest BCUT2D eigenvalue weighted by Crippen LogP contribution is -2.67. The highest BCUT2D eigenvalue weighted by Crippen LogP contribution is 2.63. The summed E-state index contributed by atoms with van der Waals surface area (Å²) in [6, 6.07) is 34.3. The van der Waals surface area contributed by atoms with E-state index >= 15 is 0 Å². The fourth-order valence-electron chi connectivity index (χ4n) is 10.7. The molecule has 2 heteroatoms. The average Bonchev–Trinajstić information content (AvgIpc) is 3.47. The first-order valence-corrected chi connectivity index (χ1v) is 20.6. The largest absolute Gasteiger partial charge is 0.314 e. The second kappa shape index (κ2) is 10.7. The molecule has 0 aromatic heterocycles. The van der Waals surface area contributed by atoms with E-state index in [2.05, 4.69) is 176 Å². The highest BCUT2D eigenvalue weighted by Gasteiger charge is 2.56. The summed E-state index contributed by atoms with van der Waals surface area (Å²) in [5.74, 6) is 1.60. The maximum absolute atomic E-state index is 2.96. The van der Waals surface area contributed by atoms with E-state index in [0.29, 0.717) is 23.3 Å². The Labute approximate surface area is 279 Å². The van der Waals surface area contributed by atoms with Crippen LogP contribution in [-0.2, 0) is 5.41 Å². The van der Waals surface area contributed by atoms with Crippen molar-refractivity contribution < 1.29 is 0 Å². The number of hydrogen-bond acceptors (Lipinski definition) is 1. The Morgan fingerprint density at radius 1 is 0.696 bits per heavy atom. The van der Waals surface area contributed by atoms with E-state index in [4.69, 9.17) is 0 Å². The van der Waals surface area contributed by atoms with Crippen LogP contribution in [0.5, 0.6) is 0 Å². The number of fused-ring (bicyclic) bond motifs is 5. The van der Waals surface area contributed by atoms with E-state index in [-0.39, 0.29) is 16.5 Å². The zero-order valence-corrected chi connectivity index (χ0v) is 30.8. The van der Waals surface area contributed by atoms with Crippen molar-refractivity contribution in [3.8, 4) is 11.1 Å². The van der Waals surface area contributed by atoms with Crippen LogP contribution in [-0.4, -0.2) is 23.9 Å². The highest BCUT2D eigenvalue weighted by molar-refractivity contribution is 6.76. The van der Waals surface area contributed by atoms with Gasteiger partial charge in [0.25, 0.3) is 0 Å². The summed E-state index contributed by atoms with van der Waals surface area (Å²) in [5.41, 5.74) is 11.0. The van der Waals surface area contributed by atoms with Crippen LogP contribution < -0.4 is 0 Å². The van der Waals surface area contributed by atoms with E-state index in [1.807, 2.05) is 0 Å². The number of rotatable bonds is 4. The topological polar surface area (TPSA) is 3.24 Å². The molecular formula is C44H53NSi. The molecule has 0 heterocycles. The number of hydrogen-bond donors (Lipinski definition) is 0. The molecule has 0 saturated heterocycles. The van der Waals surface area contributed by atoms with E-state index in [1.54, 1.807) is 5.57 Å². The molecule has 0 aliphatic heterocycles. The fourth-order valence-corrected chi connectivity index (χ4v) is 16.6. The van der Waals surface area contributed by atoms with Gasteiger partial charge in [-0.1, -0.05) is 124 Å². The first kappa shape index (κ1) is 31.4. The van der Waals surface area contributed by atoms with Gasteiger partial charge in [0.1, 0.15) is 8.24 Å². The van der Waals surface area contributed by atoms with E-state index in [1.165, 1.54) is 50.6 Å². The summed E-state index contributed by atoms with van der Waals surface area (Å²) in [6.45, 7) is 24.9. The predicted octanol–water partition coefficient (Wildman–Crippen LogP) is 12.0. The third kappa shape index (κ3) is 4.90. The van der Waals surface area contributed by atoms with Crippen molar-refractivity contribution >= 4 is 24.6 Å². The molecule has 0 N–H and O–H groups in total. The summed E-state index contributed by atoms with van der Waals surface area (Å²) in [5, 5.41) is 2.63. The Morgan fingerprint density at radius 3 is 2.04 bits per heavy atom. The lowest BCUT2D eigenvalue weighted by Gasteiger charge is -2.57. The Bertz CT molecular complexity index is 1840. The molecule has 238 valence electrons. The second-order valence-electron chi connectivity index (χ2n) is 17.4. The summed E-state index contributed by atoms with van der Waals surface area (Å²) in [4.78, 5) is 0. The van der Waals surface area contributed by atoms with Gasteiger partial charge in [-0.15, -0.1) is 0 Å². The maximum Gasteiger partial charge on any atom is 0.127 e. The van der Waals surface area contributed by atoms with Crippen LogP contribution in [0, 0.1) is 11.8 Å². The van der Waals surface area contributed by atoms with Crippen LogP contribution in [0.25, 0.3) is 27.5 Å². The van der Waals surface area contributed by atoms with Crippen LogP contribution in [0.3, 0.4) is 0 Å². The van der Waals surface area contributed by atoms with Crippen molar-refractivity contribution in [2.75, 3.05) is 0 Å². The summed E-state index contributed by atoms with van der Waals surface area (Å²) >= 11 is 0. The molecule has 4 aromatic carbocycles. The van der Waals surface area contributed by atoms with E-state index in [0.717, 1.165) is 0 Å². The normalized spacial score (nSPS) is 24.0. The number of nitrogens with zero attached hydrogens (tertiary/aromatic N) is 1. The van der Waals surface area contributed by atoms with Crippen LogP contribution in [0.15, 0.2) is 109 Å². The molecule has 3 aliphatic carbocycles. The van der Waals surface area contributed by atoms with E-state index < -0.39 is 8.24 Å². The van der Waals surface area contributed by atoms with Gasteiger partial charge in [0.05, 0.1) is 0 Å². The van der Waals surface area contributed by atoms with Gasteiger partial charge < -0.3 is 4.57 Å². The van der Waals surface area contributed by atoms with Crippen molar-refractivity contribution in [2.24, 2.45) is 11.8 Å². The molecule has 46 heavy (non-hydrogen) atoms. The lowest BCUT2D eigenvalue weighted by molar-refractivity contribution is 0.122. The molecule has 4 unspecified atom stereocenters. The molecule has 1 fully saturated rings. The van der Waals surface area contributed by atoms with Gasteiger partial charge in [0.2, 0.25) is 0 Å². The van der Waals surface area contributed by atoms with Gasteiger partial charge in [0, 0.05) is 16.5 Å². The molecule has 0 radical (unpaired) electrons. The van der Waals surface area contributed by atoms with Gasteiger partial charge in [-0.3, -0.25) is 0 Å². The second-order valence-corrected chi connectivity index (χ2v) is 21.9. The van der Waals surface area contributed by atoms with Gasteiger partial charge in [0.15, 0.2) is 0 Å². The quantitative estimate of drug-likeness (QED) is 0.204. The zero-order valence-electron chi connectivity index (χ0n) is 29.8. The Hall–Kier alpha value is -3.20. The van der Waals surface area contributed by atoms with Gasteiger partial charge in [-0.05, 0) is 127 Å². The SMILES string of the molecule is CC1(C)C2=CC3C(c4ccccc4)CC([Si](C)(C)N(C(C)(C)C)C(C)(C)C)C3C=C2c2ccc(-c3cccc4ccccc34)cc21. The molecule has 0 bridgehead atoms. The van der Waals surface area contributed by atoms with Crippen LogP contribution in [0.2, 0.25) is 18.6 Å². The monoisotopic (exact) mass is 623 g/mol. The Balaban J connectivity index is 1.37. The first-order valence-electron chi connectivity index (χ1n) is 17.5. The van der Waals surface area contributed by atoms with Crippen LogP contribution in [0.4, 0.5) is 0 Å². The fraction of sp³-hybridized carbons (Fsp3) is 0.409. The summed E-state index contributed by atoms with van der Waals surface area (Å²) in [7, 11) is -1.94. The molecule has 3 aliphatic rings. The Kier molecular flexibility index (Phi) is 7.27. The molecule has 1 nitrogen and oxygen atoms in total. The first-order chi connectivity index (χ1) is 21.6. The lowest BCUT2D eigenvalue weighted by atomic mass is 9.73. The molecule has 4 atom stereocenters. The van der Waals surface area contributed by atoms with Gasteiger partial charge >= 0.3 is 0 Å². The van der Waals surface area contributed by atoms with E-state index in [9.17, 15) is 0 Å². The third-order valence-electron chi connectivity index (χ3n) is 11.7. The smallest absolute Gasteiger partial charge is 0.127 e. The van der Waals surface area contributed by atoms with Gasteiger partial charge in [-0.25, -0.2) is 0 Å². The van der Waals surface area contributed by atoms with Crippen LogP contribution in [0.1, 0.15) is 84.4 Å². The zero-order chi connectivity index (χ0) is 32.8. The van der Waals surface area contributed by atoms with Crippen molar-refractivity contribution in [3.05, 3.63) is 125 Å². The Morgan fingerprint density at radius 2 is 1.35 bits per heavy atom. The molecule has 4 aromatic rings. The van der Waals surface area contributed by atoms with Crippen LogP contribution >= 0.6 is 0 Å². The minimum Gasteiger partial charge on any atom is -0.314 e. The molecule has 1 saturated carbocycles. The average molecular weight is 624 g/mol. The molecule has 0 spiro atoms. The predicted molar refractivity (Wildman–Crippen MR) is 202 cm³/mol. The maximum atomic E-state index is 2.96. The van der Waals surface area contributed by atoms with Crippen molar-refractivity contribution in [3.63, 3.8) is 0 Å². The molecule has 0 amide bonds. The minimum atomic E-state index is -1.94. The standard InChI is InChI=1S/C44H53NSi/c1-42(2,3)45(43(4,5)6)46(9,10)41-28-35(30-17-12-11-13-18-30)36-27-40-37(26-38(36)41)34-24-23-31(25-39(34)44(40,7)8)33-22-16-20-29-19-14-15-21-32(29)33/h11-27,35-36,38,41H,28H2,1-10H3. The van der Waals surface area contributed by atoms with Gasteiger partial charge in [-0.2, -0.15) is 0 Å². The van der Waals surface area contributed by atoms with Crippen molar-refractivity contribution in [1.29, 1.82) is 0 Å². The molecule has 7 rings (SSSR count). The van der Waals surface area contributed by atoms with Crippen molar-refractivity contribution in [1.82, 2.24) is 4.57 Å². The highest BCUT2D eigenvalue weighted by atomic mass is 28.3. The minimum absolute atomic E-state index is 0.0398. The summed E-state index contributed by atoms with van der Waals surface area (Å²) in [6.07, 6.45) is 6.80.